The third-order valence-corrected chi connectivity index (χ3v) is 2.69. The Kier molecular flexibility index (Phi) is 2.33. The van der Waals surface area contributed by atoms with Crippen molar-refractivity contribution >= 4 is 0 Å². The van der Waals surface area contributed by atoms with Gasteiger partial charge in [-0.25, -0.2) is 0 Å². The summed E-state index contributed by atoms with van der Waals surface area (Å²) in [6, 6.07) is 3.60. The fraction of sp³-hybridized carbons (Fsp3) is 0.455. The lowest BCUT2D eigenvalue weighted by Crippen LogP contribution is -2.21. The number of phenols is 1. The van der Waals surface area contributed by atoms with Crippen molar-refractivity contribution in [2.45, 2.75) is 25.8 Å². The summed E-state index contributed by atoms with van der Waals surface area (Å²) in [5, 5.41) is 9.63. The first-order chi connectivity index (χ1) is 6.74. The Morgan fingerprint density at radius 2 is 2.36 bits per heavy atom. The Morgan fingerprint density at radius 1 is 1.57 bits per heavy atom. The summed E-state index contributed by atoms with van der Waals surface area (Å²) in [5.74, 6) is 1.10. The van der Waals surface area contributed by atoms with Crippen molar-refractivity contribution in [2.24, 2.45) is 5.73 Å². The molecule has 1 aromatic carbocycles. The first-order valence-electron chi connectivity index (χ1n) is 4.97. The standard InChI is InChI=1S/C11H15NO2/c1-2-7-10(13)4-3-8-9(12)5-6-14-11(7)8/h3-4,9,13H,2,5-6,12H2,1H3/t9-/m1/s1. The van der Waals surface area contributed by atoms with E-state index >= 15 is 0 Å². The van der Waals surface area contributed by atoms with Crippen molar-refractivity contribution in [1.29, 1.82) is 0 Å². The third-order valence-electron chi connectivity index (χ3n) is 2.69. The highest BCUT2D eigenvalue weighted by molar-refractivity contribution is 5.51. The highest BCUT2D eigenvalue weighted by Crippen LogP contribution is 2.38. The van der Waals surface area contributed by atoms with Crippen LogP contribution in [0.1, 0.15) is 30.5 Å². The summed E-state index contributed by atoms with van der Waals surface area (Å²) in [7, 11) is 0. The van der Waals surface area contributed by atoms with Crippen molar-refractivity contribution in [3.05, 3.63) is 23.3 Å². The molecule has 1 heterocycles. The molecule has 76 valence electrons. The number of rotatable bonds is 1. The molecule has 14 heavy (non-hydrogen) atoms. The van der Waals surface area contributed by atoms with Gasteiger partial charge in [-0.2, -0.15) is 0 Å². The van der Waals surface area contributed by atoms with Crippen LogP contribution in [-0.4, -0.2) is 11.7 Å². The average molecular weight is 193 g/mol. The molecule has 3 heteroatoms. The minimum atomic E-state index is 0.0460. The van der Waals surface area contributed by atoms with Gasteiger partial charge in [0.2, 0.25) is 0 Å². The van der Waals surface area contributed by atoms with E-state index in [1.54, 1.807) is 6.07 Å². The molecule has 0 bridgehead atoms. The molecular weight excluding hydrogens is 178 g/mol. The minimum absolute atomic E-state index is 0.0460. The van der Waals surface area contributed by atoms with Crippen LogP contribution in [0.2, 0.25) is 0 Å². The fourth-order valence-corrected chi connectivity index (χ4v) is 1.88. The molecule has 1 aliphatic heterocycles. The van der Waals surface area contributed by atoms with E-state index in [-0.39, 0.29) is 6.04 Å². The van der Waals surface area contributed by atoms with Gasteiger partial charge in [0.15, 0.2) is 0 Å². The Labute approximate surface area is 83.5 Å². The molecule has 1 aliphatic rings. The molecule has 1 atom stereocenters. The van der Waals surface area contributed by atoms with Gasteiger partial charge in [0.1, 0.15) is 11.5 Å². The van der Waals surface area contributed by atoms with Gasteiger partial charge in [0, 0.05) is 23.6 Å². The van der Waals surface area contributed by atoms with Crippen LogP contribution in [0.25, 0.3) is 0 Å². The van der Waals surface area contributed by atoms with Crippen molar-refractivity contribution in [3.63, 3.8) is 0 Å². The van der Waals surface area contributed by atoms with E-state index in [4.69, 9.17) is 10.5 Å². The number of benzene rings is 1. The van der Waals surface area contributed by atoms with Crippen molar-refractivity contribution in [1.82, 2.24) is 0 Å². The molecule has 2 rings (SSSR count). The van der Waals surface area contributed by atoms with E-state index in [1.165, 1.54) is 0 Å². The fourth-order valence-electron chi connectivity index (χ4n) is 1.88. The molecule has 0 saturated heterocycles. The molecule has 0 amide bonds. The highest BCUT2D eigenvalue weighted by Gasteiger charge is 2.21. The zero-order valence-electron chi connectivity index (χ0n) is 8.29. The number of hydrogen-bond acceptors (Lipinski definition) is 3. The van der Waals surface area contributed by atoms with E-state index < -0.39 is 0 Å². The molecule has 3 N–H and O–H groups in total. The Bertz CT molecular complexity index is 349. The number of nitrogens with two attached hydrogens (primary N) is 1. The number of ether oxygens (including phenoxy) is 1. The first kappa shape index (κ1) is 9.34. The second-order valence-corrected chi connectivity index (χ2v) is 3.58. The molecule has 0 unspecified atom stereocenters. The molecule has 0 aliphatic carbocycles. The van der Waals surface area contributed by atoms with Crippen LogP contribution in [0.15, 0.2) is 12.1 Å². The predicted molar refractivity (Wildman–Crippen MR) is 54.5 cm³/mol. The molecule has 3 nitrogen and oxygen atoms in total. The first-order valence-corrected chi connectivity index (χ1v) is 4.97. The monoisotopic (exact) mass is 193 g/mol. The largest absolute Gasteiger partial charge is 0.508 e. The van der Waals surface area contributed by atoms with E-state index in [0.717, 1.165) is 29.7 Å². The summed E-state index contributed by atoms with van der Waals surface area (Å²) >= 11 is 0. The van der Waals surface area contributed by atoms with Crippen molar-refractivity contribution in [3.8, 4) is 11.5 Å². The normalized spacial score (nSPS) is 20.0. The summed E-state index contributed by atoms with van der Waals surface area (Å²) in [6.45, 7) is 2.64. The van der Waals surface area contributed by atoms with E-state index in [9.17, 15) is 5.11 Å². The number of phenolic OH excluding ortho intramolecular Hbond substituents is 1. The SMILES string of the molecule is CCc1c(O)ccc2c1OCC[C@H]2N. The summed E-state index contributed by atoms with van der Waals surface area (Å²) in [6.07, 6.45) is 1.61. The van der Waals surface area contributed by atoms with Gasteiger partial charge in [-0.15, -0.1) is 0 Å². The lowest BCUT2D eigenvalue weighted by atomic mass is 9.97. The second-order valence-electron chi connectivity index (χ2n) is 3.58. The second kappa shape index (κ2) is 3.50. The molecule has 0 aromatic heterocycles. The smallest absolute Gasteiger partial charge is 0.130 e. The Hall–Kier alpha value is -1.22. The van der Waals surface area contributed by atoms with Crippen LogP contribution in [-0.2, 0) is 6.42 Å². The number of aromatic hydroxyl groups is 1. The number of fused-ring (bicyclic) bond motifs is 1. The van der Waals surface area contributed by atoms with Crippen LogP contribution in [0.4, 0.5) is 0 Å². The summed E-state index contributed by atoms with van der Waals surface area (Å²) in [4.78, 5) is 0. The number of hydrogen-bond donors (Lipinski definition) is 2. The van der Waals surface area contributed by atoms with E-state index in [0.29, 0.717) is 12.4 Å². The minimum Gasteiger partial charge on any atom is -0.508 e. The molecule has 0 radical (unpaired) electrons. The maximum Gasteiger partial charge on any atom is 0.130 e. The summed E-state index contributed by atoms with van der Waals surface area (Å²) < 4.78 is 5.56. The van der Waals surface area contributed by atoms with Gasteiger partial charge >= 0.3 is 0 Å². The molecule has 0 spiro atoms. The molecule has 0 saturated carbocycles. The van der Waals surface area contributed by atoms with E-state index in [1.807, 2.05) is 13.0 Å². The predicted octanol–water partition coefficient (Wildman–Crippen LogP) is 1.74. The Balaban J connectivity index is 2.55. The van der Waals surface area contributed by atoms with Gasteiger partial charge < -0.3 is 15.6 Å². The van der Waals surface area contributed by atoms with Crippen LogP contribution in [0.5, 0.6) is 11.5 Å². The molecule has 0 fully saturated rings. The zero-order chi connectivity index (χ0) is 10.1. The van der Waals surface area contributed by atoms with Crippen LogP contribution in [0, 0.1) is 0 Å². The van der Waals surface area contributed by atoms with Gasteiger partial charge in [-0.3, -0.25) is 0 Å². The van der Waals surface area contributed by atoms with E-state index in [2.05, 4.69) is 0 Å². The van der Waals surface area contributed by atoms with Crippen LogP contribution < -0.4 is 10.5 Å². The zero-order valence-corrected chi connectivity index (χ0v) is 8.29. The van der Waals surface area contributed by atoms with Crippen LogP contribution in [0.3, 0.4) is 0 Å². The van der Waals surface area contributed by atoms with Gasteiger partial charge in [-0.1, -0.05) is 13.0 Å². The summed E-state index contributed by atoms with van der Waals surface area (Å²) in [5.41, 5.74) is 7.85. The maximum absolute atomic E-state index is 9.63. The third kappa shape index (κ3) is 1.34. The molecule has 1 aromatic rings. The van der Waals surface area contributed by atoms with Crippen molar-refractivity contribution < 1.29 is 9.84 Å². The van der Waals surface area contributed by atoms with Gasteiger partial charge in [0.05, 0.1) is 6.61 Å². The lowest BCUT2D eigenvalue weighted by molar-refractivity contribution is 0.264. The van der Waals surface area contributed by atoms with Crippen LogP contribution >= 0.6 is 0 Å². The van der Waals surface area contributed by atoms with Gasteiger partial charge in [-0.05, 0) is 12.5 Å². The molecular formula is C11H15NO2. The Morgan fingerprint density at radius 3 is 3.07 bits per heavy atom. The average Bonchev–Trinajstić information content (AvgIpc) is 2.18. The highest BCUT2D eigenvalue weighted by atomic mass is 16.5. The lowest BCUT2D eigenvalue weighted by Gasteiger charge is -2.25. The maximum atomic E-state index is 9.63. The van der Waals surface area contributed by atoms with Gasteiger partial charge in [0.25, 0.3) is 0 Å². The van der Waals surface area contributed by atoms with Crippen molar-refractivity contribution in [2.75, 3.05) is 6.61 Å². The topological polar surface area (TPSA) is 55.5 Å². The quantitative estimate of drug-likeness (QED) is 0.714.